The molecule has 0 radical (unpaired) electrons. The molecular formula is C27H30N2O. The topological polar surface area (TPSA) is 32.3 Å². The molecule has 1 aliphatic heterocycles. The summed E-state index contributed by atoms with van der Waals surface area (Å²) in [6, 6.07) is 28.7. The Bertz CT molecular complexity index is 877. The highest BCUT2D eigenvalue weighted by Crippen LogP contribution is 2.25. The van der Waals surface area contributed by atoms with Crippen molar-refractivity contribution in [3.8, 4) is 0 Å². The molecule has 3 aromatic rings. The minimum Gasteiger partial charge on any atom is -0.351 e. The molecule has 3 nitrogen and oxygen atoms in total. The van der Waals surface area contributed by atoms with Crippen molar-refractivity contribution in [1.29, 1.82) is 0 Å². The van der Waals surface area contributed by atoms with Gasteiger partial charge in [-0.3, -0.25) is 9.69 Å². The predicted molar refractivity (Wildman–Crippen MR) is 122 cm³/mol. The van der Waals surface area contributed by atoms with Crippen LogP contribution in [0.25, 0.3) is 0 Å². The first-order valence-corrected chi connectivity index (χ1v) is 11.0. The third kappa shape index (κ3) is 5.37. The molecule has 1 saturated heterocycles. The minimum atomic E-state index is -0.300. The molecule has 1 aliphatic rings. The van der Waals surface area contributed by atoms with E-state index in [0.29, 0.717) is 6.54 Å². The van der Waals surface area contributed by atoms with Crippen LogP contribution in [0.3, 0.4) is 0 Å². The van der Waals surface area contributed by atoms with Crippen LogP contribution >= 0.6 is 0 Å². The smallest absolute Gasteiger partial charge is 0.232 e. The van der Waals surface area contributed by atoms with Gasteiger partial charge in [0.05, 0.1) is 5.92 Å². The standard InChI is InChI=1S/C27H30N2O/c30-27(26(24-10-4-1-5-11-24)25-12-6-2-7-13-25)28-20-22-14-16-23(17-15-22)21-29-18-8-3-9-19-29/h1-2,4-7,10-17,26H,3,8-9,18-21H2,(H,28,30). The summed E-state index contributed by atoms with van der Waals surface area (Å²) >= 11 is 0. The second-order valence-electron chi connectivity index (χ2n) is 8.13. The van der Waals surface area contributed by atoms with Crippen LogP contribution in [0.4, 0.5) is 0 Å². The molecule has 1 N–H and O–H groups in total. The molecule has 0 bridgehead atoms. The van der Waals surface area contributed by atoms with Gasteiger partial charge in [-0.05, 0) is 48.2 Å². The highest BCUT2D eigenvalue weighted by molar-refractivity contribution is 5.87. The zero-order chi connectivity index (χ0) is 20.6. The number of carbonyl (C=O) groups is 1. The van der Waals surface area contributed by atoms with Crippen LogP contribution in [0.15, 0.2) is 84.9 Å². The number of hydrogen-bond donors (Lipinski definition) is 1. The molecular weight excluding hydrogens is 368 g/mol. The number of nitrogens with one attached hydrogen (secondary N) is 1. The number of nitrogens with zero attached hydrogens (tertiary/aromatic N) is 1. The van der Waals surface area contributed by atoms with Crippen molar-refractivity contribution >= 4 is 5.91 Å². The maximum Gasteiger partial charge on any atom is 0.232 e. The average Bonchev–Trinajstić information content (AvgIpc) is 2.81. The Hall–Kier alpha value is -2.91. The van der Waals surface area contributed by atoms with Gasteiger partial charge in [0.1, 0.15) is 0 Å². The van der Waals surface area contributed by atoms with E-state index in [2.05, 4.69) is 34.5 Å². The first kappa shape index (κ1) is 20.4. The second-order valence-corrected chi connectivity index (χ2v) is 8.13. The zero-order valence-electron chi connectivity index (χ0n) is 17.5. The van der Waals surface area contributed by atoms with Crippen molar-refractivity contribution in [2.24, 2.45) is 0 Å². The van der Waals surface area contributed by atoms with Crippen molar-refractivity contribution in [2.45, 2.75) is 38.3 Å². The summed E-state index contributed by atoms with van der Waals surface area (Å²) in [7, 11) is 0. The summed E-state index contributed by atoms with van der Waals surface area (Å²) < 4.78 is 0. The Morgan fingerprint density at radius 2 is 1.27 bits per heavy atom. The normalized spacial score (nSPS) is 14.6. The summed E-state index contributed by atoms with van der Waals surface area (Å²) in [4.78, 5) is 15.7. The highest BCUT2D eigenvalue weighted by Gasteiger charge is 2.22. The van der Waals surface area contributed by atoms with Crippen LogP contribution in [0, 0.1) is 0 Å². The number of piperidine rings is 1. The first-order valence-electron chi connectivity index (χ1n) is 11.0. The maximum atomic E-state index is 13.1. The Morgan fingerprint density at radius 1 is 0.733 bits per heavy atom. The van der Waals surface area contributed by atoms with Gasteiger partial charge in [0, 0.05) is 13.1 Å². The summed E-state index contributed by atoms with van der Waals surface area (Å²) in [5, 5.41) is 3.15. The molecule has 0 aromatic heterocycles. The van der Waals surface area contributed by atoms with Gasteiger partial charge < -0.3 is 5.32 Å². The first-order chi connectivity index (χ1) is 14.8. The summed E-state index contributed by atoms with van der Waals surface area (Å²) in [5.41, 5.74) is 4.50. The third-order valence-electron chi connectivity index (χ3n) is 5.87. The van der Waals surface area contributed by atoms with Crippen LogP contribution in [-0.4, -0.2) is 23.9 Å². The monoisotopic (exact) mass is 398 g/mol. The molecule has 1 heterocycles. The molecule has 1 amide bonds. The average molecular weight is 399 g/mol. The predicted octanol–water partition coefficient (Wildman–Crippen LogP) is 5.12. The second kappa shape index (κ2) is 10.2. The van der Waals surface area contributed by atoms with Gasteiger partial charge in [0.15, 0.2) is 0 Å². The number of rotatable bonds is 7. The van der Waals surface area contributed by atoms with Crippen LogP contribution in [0.1, 0.15) is 47.4 Å². The number of amides is 1. The fraction of sp³-hybridized carbons (Fsp3) is 0.296. The van der Waals surface area contributed by atoms with Crippen molar-refractivity contribution in [2.75, 3.05) is 13.1 Å². The van der Waals surface area contributed by atoms with Gasteiger partial charge in [0.25, 0.3) is 0 Å². The van der Waals surface area contributed by atoms with E-state index in [1.165, 1.54) is 37.9 Å². The lowest BCUT2D eigenvalue weighted by atomic mass is 9.90. The maximum absolute atomic E-state index is 13.1. The van der Waals surface area contributed by atoms with Gasteiger partial charge in [-0.15, -0.1) is 0 Å². The number of hydrogen-bond acceptors (Lipinski definition) is 2. The molecule has 0 atom stereocenters. The van der Waals surface area contributed by atoms with Gasteiger partial charge in [-0.25, -0.2) is 0 Å². The highest BCUT2D eigenvalue weighted by atomic mass is 16.1. The summed E-state index contributed by atoms with van der Waals surface area (Å²) in [6.45, 7) is 3.98. The van der Waals surface area contributed by atoms with Crippen LogP contribution in [-0.2, 0) is 17.9 Å². The molecule has 0 spiro atoms. The van der Waals surface area contributed by atoms with E-state index in [4.69, 9.17) is 0 Å². The van der Waals surface area contributed by atoms with Crippen LogP contribution in [0.5, 0.6) is 0 Å². The van der Waals surface area contributed by atoms with Crippen LogP contribution in [0.2, 0.25) is 0 Å². The third-order valence-corrected chi connectivity index (χ3v) is 5.87. The van der Waals surface area contributed by atoms with Gasteiger partial charge in [0.2, 0.25) is 5.91 Å². The molecule has 0 aliphatic carbocycles. The Kier molecular flexibility index (Phi) is 6.94. The van der Waals surface area contributed by atoms with Crippen LogP contribution < -0.4 is 5.32 Å². The lowest BCUT2D eigenvalue weighted by molar-refractivity contribution is -0.121. The van der Waals surface area contributed by atoms with E-state index in [1.807, 2.05) is 60.7 Å². The number of likely N-dealkylation sites (tertiary alicyclic amines) is 1. The molecule has 4 rings (SSSR count). The van der Waals surface area contributed by atoms with E-state index in [1.54, 1.807) is 0 Å². The number of carbonyl (C=O) groups excluding carboxylic acids is 1. The molecule has 1 fully saturated rings. The summed E-state index contributed by atoms with van der Waals surface area (Å²) in [6.07, 6.45) is 3.99. The fourth-order valence-corrected chi connectivity index (χ4v) is 4.22. The van der Waals surface area contributed by atoms with E-state index in [9.17, 15) is 4.79 Å². The van der Waals surface area contributed by atoms with E-state index >= 15 is 0 Å². The molecule has 3 aromatic carbocycles. The zero-order valence-corrected chi connectivity index (χ0v) is 17.5. The lowest BCUT2D eigenvalue weighted by Gasteiger charge is -2.26. The van der Waals surface area contributed by atoms with Gasteiger partial charge in [-0.2, -0.15) is 0 Å². The van der Waals surface area contributed by atoms with E-state index < -0.39 is 0 Å². The Morgan fingerprint density at radius 3 is 1.83 bits per heavy atom. The minimum absolute atomic E-state index is 0.0322. The number of benzene rings is 3. The Balaban J connectivity index is 1.39. The fourth-order valence-electron chi connectivity index (χ4n) is 4.22. The quantitative estimate of drug-likeness (QED) is 0.599. The molecule has 0 unspecified atom stereocenters. The molecule has 3 heteroatoms. The van der Waals surface area contributed by atoms with E-state index in [0.717, 1.165) is 23.2 Å². The largest absolute Gasteiger partial charge is 0.351 e. The van der Waals surface area contributed by atoms with Gasteiger partial charge >= 0.3 is 0 Å². The lowest BCUT2D eigenvalue weighted by Crippen LogP contribution is -2.30. The molecule has 30 heavy (non-hydrogen) atoms. The molecule has 0 saturated carbocycles. The Labute approximate surface area is 179 Å². The van der Waals surface area contributed by atoms with Gasteiger partial charge in [-0.1, -0.05) is 91.3 Å². The SMILES string of the molecule is O=C(NCc1ccc(CN2CCCCC2)cc1)C(c1ccccc1)c1ccccc1. The van der Waals surface area contributed by atoms with Crippen molar-refractivity contribution in [3.63, 3.8) is 0 Å². The van der Waals surface area contributed by atoms with Crippen molar-refractivity contribution in [1.82, 2.24) is 10.2 Å². The van der Waals surface area contributed by atoms with Crippen molar-refractivity contribution < 1.29 is 4.79 Å². The van der Waals surface area contributed by atoms with E-state index in [-0.39, 0.29) is 11.8 Å². The van der Waals surface area contributed by atoms with Crippen molar-refractivity contribution in [3.05, 3.63) is 107 Å². The summed E-state index contributed by atoms with van der Waals surface area (Å²) in [5.74, 6) is -0.268. The molecule has 154 valence electrons.